The number of hydrogen-bond acceptors (Lipinski definition) is 3. The molecule has 0 radical (unpaired) electrons. The van der Waals surface area contributed by atoms with Gasteiger partial charge >= 0.3 is 6.09 Å². The first-order valence-corrected chi connectivity index (χ1v) is 7.78. The molecule has 0 heterocycles. The van der Waals surface area contributed by atoms with Crippen molar-refractivity contribution in [1.82, 2.24) is 5.32 Å². The lowest BCUT2D eigenvalue weighted by Gasteiger charge is -2.59. The molecule has 0 aliphatic heterocycles. The molecule has 0 aromatic heterocycles. The zero-order valence-corrected chi connectivity index (χ0v) is 12.6. The van der Waals surface area contributed by atoms with Crippen molar-refractivity contribution in [3.8, 4) is 0 Å². The number of carbonyl (C=O) groups is 2. The van der Waals surface area contributed by atoms with Crippen LogP contribution in [0.2, 0.25) is 0 Å². The van der Waals surface area contributed by atoms with E-state index in [0.717, 1.165) is 32.0 Å². The average Bonchev–Trinajstić information content (AvgIpc) is 2.23. The molecule has 1 amide bonds. The summed E-state index contributed by atoms with van der Waals surface area (Å²) in [7, 11) is 0. The molecule has 4 rings (SSSR count). The second-order valence-electron chi connectivity index (χ2n) is 8.05. The molecule has 4 aliphatic carbocycles. The third kappa shape index (κ3) is 2.33. The fourth-order valence-electron chi connectivity index (χ4n) is 5.01. The van der Waals surface area contributed by atoms with Crippen LogP contribution in [0.15, 0.2) is 0 Å². The van der Waals surface area contributed by atoms with Gasteiger partial charge in [0.1, 0.15) is 11.9 Å². The number of amides is 1. The van der Waals surface area contributed by atoms with E-state index in [1.165, 1.54) is 6.42 Å². The Balaban J connectivity index is 1.78. The van der Waals surface area contributed by atoms with Gasteiger partial charge in [-0.3, -0.25) is 0 Å². The van der Waals surface area contributed by atoms with Crippen molar-refractivity contribution in [1.29, 1.82) is 0 Å². The highest BCUT2D eigenvalue weighted by Gasteiger charge is 2.58. The molecule has 4 aliphatic rings. The van der Waals surface area contributed by atoms with Crippen molar-refractivity contribution >= 4 is 12.4 Å². The zero-order valence-electron chi connectivity index (χ0n) is 12.6. The lowest BCUT2D eigenvalue weighted by atomic mass is 9.48. The average molecular weight is 279 g/mol. The molecule has 4 saturated carbocycles. The molecule has 0 saturated heterocycles. The van der Waals surface area contributed by atoms with Gasteiger partial charge < -0.3 is 14.8 Å². The van der Waals surface area contributed by atoms with Gasteiger partial charge in [0.25, 0.3) is 0 Å². The summed E-state index contributed by atoms with van der Waals surface area (Å²) in [5.41, 5.74) is -0.831. The third-order valence-corrected chi connectivity index (χ3v) is 5.29. The summed E-state index contributed by atoms with van der Waals surface area (Å²) < 4.78 is 5.40. The number of hydrogen-bond donors (Lipinski definition) is 1. The summed E-state index contributed by atoms with van der Waals surface area (Å²) in [5.74, 6) is 1.80. The topological polar surface area (TPSA) is 55.4 Å². The lowest BCUT2D eigenvalue weighted by molar-refractivity contribution is -0.128. The highest BCUT2D eigenvalue weighted by Crippen LogP contribution is 2.57. The van der Waals surface area contributed by atoms with Crippen molar-refractivity contribution in [3.05, 3.63) is 0 Å². The molecular weight excluding hydrogens is 254 g/mol. The Labute approximate surface area is 120 Å². The Hall–Kier alpha value is -1.06. The minimum absolute atomic E-state index is 0.0252. The van der Waals surface area contributed by atoms with E-state index in [-0.39, 0.29) is 17.6 Å². The maximum Gasteiger partial charge on any atom is 0.408 e. The number of rotatable bonds is 2. The van der Waals surface area contributed by atoms with Crippen LogP contribution in [0.1, 0.15) is 52.9 Å². The van der Waals surface area contributed by atoms with Crippen molar-refractivity contribution in [2.24, 2.45) is 23.7 Å². The number of ether oxygens (including phenoxy) is 1. The molecule has 0 aromatic rings. The van der Waals surface area contributed by atoms with E-state index >= 15 is 0 Å². The predicted octanol–water partition coefficient (Wildman–Crippen LogP) is 2.90. The van der Waals surface area contributed by atoms with E-state index < -0.39 is 5.60 Å². The van der Waals surface area contributed by atoms with Gasteiger partial charge in [-0.2, -0.15) is 0 Å². The molecule has 4 nitrogen and oxygen atoms in total. The SMILES string of the molecule is CC(C)(C)OC(=O)NC12CC3CC(CC(C3)C1C=O)C2. The highest BCUT2D eigenvalue weighted by molar-refractivity contribution is 5.71. The summed E-state index contributed by atoms with van der Waals surface area (Å²) in [6, 6.07) is 0. The maximum atomic E-state index is 12.2. The quantitative estimate of drug-likeness (QED) is 0.791. The summed E-state index contributed by atoms with van der Waals surface area (Å²) in [6.45, 7) is 5.59. The number of aldehydes is 1. The molecule has 4 bridgehead atoms. The minimum atomic E-state index is -0.497. The minimum Gasteiger partial charge on any atom is -0.444 e. The lowest BCUT2D eigenvalue weighted by Crippen LogP contribution is -2.66. The van der Waals surface area contributed by atoms with Gasteiger partial charge in [-0.15, -0.1) is 0 Å². The molecule has 4 fully saturated rings. The molecule has 0 aromatic carbocycles. The Kier molecular flexibility index (Phi) is 3.11. The van der Waals surface area contributed by atoms with Gasteiger partial charge in [0.2, 0.25) is 0 Å². The van der Waals surface area contributed by atoms with Crippen molar-refractivity contribution in [2.45, 2.75) is 64.0 Å². The molecule has 20 heavy (non-hydrogen) atoms. The second kappa shape index (κ2) is 4.47. The van der Waals surface area contributed by atoms with Crippen molar-refractivity contribution in [3.63, 3.8) is 0 Å². The van der Waals surface area contributed by atoms with E-state index in [1.807, 2.05) is 20.8 Å². The first-order chi connectivity index (χ1) is 9.31. The van der Waals surface area contributed by atoms with Crippen LogP contribution in [-0.4, -0.2) is 23.5 Å². The van der Waals surface area contributed by atoms with Gasteiger partial charge in [0.15, 0.2) is 0 Å². The molecule has 3 unspecified atom stereocenters. The maximum absolute atomic E-state index is 12.2. The zero-order chi connectivity index (χ0) is 14.5. The first kappa shape index (κ1) is 13.9. The third-order valence-electron chi connectivity index (χ3n) is 5.29. The predicted molar refractivity (Wildman–Crippen MR) is 75.2 cm³/mol. The first-order valence-electron chi connectivity index (χ1n) is 7.78. The van der Waals surface area contributed by atoms with E-state index in [4.69, 9.17) is 4.74 Å². The number of nitrogens with one attached hydrogen (secondary N) is 1. The fourth-order valence-corrected chi connectivity index (χ4v) is 5.01. The number of carbonyl (C=O) groups excluding carboxylic acids is 2. The molecule has 4 heteroatoms. The summed E-state index contributed by atoms with van der Waals surface area (Å²) >= 11 is 0. The molecule has 1 N–H and O–H groups in total. The Morgan fingerprint density at radius 1 is 1.20 bits per heavy atom. The van der Waals surface area contributed by atoms with Crippen molar-refractivity contribution < 1.29 is 14.3 Å². The van der Waals surface area contributed by atoms with Crippen LogP contribution >= 0.6 is 0 Å². The van der Waals surface area contributed by atoms with Crippen LogP contribution in [0.5, 0.6) is 0 Å². The Morgan fingerprint density at radius 3 is 2.30 bits per heavy atom. The van der Waals surface area contributed by atoms with E-state index in [1.54, 1.807) is 0 Å². The number of alkyl carbamates (subject to hydrolysis) is 1. The summed E-state index contributed by atoms with van der Waals surface area (Å²) in [5, 5.41) is 3.09. The second-order valence-corrected chi connectivity index (χ2v) is 8.05. The molecule has 3 atom stereocenters. The summed E-state index contributed by atoms with van der Waals surface area (Å²) in [6.07, 6.45) is 6.21. The highest BCUT2D eigenvalue weighted by atomic mass is 16.6. The van der Waals surface area contributed by atoms with Crippen LogP contribution in [0, 0.1) is 23.7 Å². The van der Waals surface area contributed by atoms with Crippen LogP contribution < -0.4 is 5.32 Å². The summed E-state index contributed by atoms with van der Waals surface area (Å²) in [4.78, 5) is 23.7. The van der Waals surface area contributed by atoms with Crippen LogP contribution in [0.4, 0.5) is 4.79 Å². The van der Waals surface area contributed by atoms with Gasteiger partial charge in [0.05, 0.1) is 5.54 Å². The Bertz CT molecular complexity index is 412. The van der Waals surface area contributed by atoms with Gasteiger partial charge in [-0.25, -0.2) is 4.79 Å². The van der Waals surface area contributed by atoms with Gasteiger partial charge in [-0.05, 0) is 70.6 Å². The fraction of sp³-hybridized carbons (Fsp3) is 0.875. The monoisotopic (exact) mass is 279 g/mol. The molecular formula is C16H25NO3. The van der Waals surface area contributed by atoms with Crippen LogP contribution in [0.3, 0.4) is 0 Å². The van der Waals surface area contributed by atoms with Gasteiger partial charge in [0, 0.05) is 5.92 Å². The van der Waals surface area contributed by atoms with E-state index in [0.29, 0.717) is 17.8 Å². The van der Waals surface area contributed by atoms with E-state index in [9.17, 15) is 9.59 Å². The van der Waals surface area contributed by atoms with Crippen LogP contribution in [0.25, 0.3) is 0 Å². The largest absolute Gasteiger partial charge is 0.444 e. The Morgan fingerprint density at radius 2 is 1.80 bits per heavy atom. The normalized spacial score (nSPS) is 42.4. The molecule has 112 valence electrons. The standard InChI is InChI=1S/C16H25NO3/c1-15(2,3)20-14(19)17-16-7-10-4-11(8-16)6-12(5-10)13(16)9-18/h9-13H,4-8H2,1-3H3,(H,17,19). The molecule has 0 spiro atoms. The van der Waals surface area contributed by atoms with Crippen molar-refractivity contribution in [2.75, 3.05) is 0 Å². The van der Waals surface area contributed by atoms with Crippen LogP contribution in [-0.2, 0) is 9.53 Å². The smallest absolute Gasteiger partial charge is 0.408 e. The van der Waals surface area contributed by atoms with E-state index in [2.05, 4.69) is 5.32 Å². The van der Waals surface area contributed by atoms with Gasteiger partial charge in [-0.1, -0.05) is 0 Å².